The molecule has 0 aliphatic rings. The Morgan fingerprint density at radius 2 is 2.33 bits per heavy atom. The quantitative estimate of drug-likeness (QED) is 0.751. The van der Waals surface area contributed by atoms with E-state index in [0.29, 0.717) is 6.54 Å². The Balaban J connectivity index is 2.41. The van der Waals surface area contributed by atoms with E-state index in [-0.39, 0.29) is 0 Å². The van der Waals surface area contributed by atoms with Crippen LogP contribution in [0.2, 0.25) is 0 Å². The van der Waals surface area contributed by atoms with Gasteiger partial charge in [-0.1, -0.05) is 0 Å². The standard InChI is InChI=1S/C8H15N3S/c1-11(2)4-3-8-10-7(5-9)6-12-8/h6H,3-5,9H2,1-2H3. The van der Waals surface area contributed by atoms with Crippen LogP contribution in [0.15, 0.2) is 5.38 Å². The normalized spacial score (nSPS) is 11.0. The minimum Gasteiger partial charge on any atom is -0.325 e. The van der Waals surface area contributed by atoms with Crippen LogP contribution < -0.4 is 5.73 Å². The molecule has 0 bridgehead atoms. The Labute approximate surface area is 77.2 Å². The number of aromatic nitrogens is 1. The first-order chi connectivity index (χ1) is 5.72. The SMILES string of the molecule is CN(C)CCc1nc(CN)cs1. The number of thiazole rings is 1. The molecule has 1 aromatic rings. The van der Waals surface area contributed by atoms with Crippen molar-refractivity contribution in [3.05, 3.63) is 16.1 Å². The second-order valence-corrected chi connectivity index (χ2v) is 3.93. The number of hydrogen-bond acceptors (Lipinski definition) is 4. The zero-order chi connectivity index (χ0) is 8.97. The molecule has 2 N–H and O–H groups in total. The van der Waals surface area contributed by atoms with Crippen molar-refractivity contribution in [3.8, 4) is 0 Å². The number of nitrogens with zero attached hydrogens (tertiary/aromatic N) is 2. The Kier molecular flexibility index (Phi) is 3.65. The summed E-state index contributed by atoms with van der Waals surface area (Å²) in [5, 5.41) is 3.22. The van der Waals surface area contributed by atoms with Crippen LogP contribution in [0.5, 0.6) is 0 Å². The summed E-state index contributed by atoms with van der Waals surface area (Å²) in [6.45, 7) is 1.61. The maximum atomic E-state index is 5.45. The third-order valence-corrected chi connectivity index (χ3v) is 2.54. The minimum absolute atomic E-state index is 0.554. The van der Waals surface area contributed by atoms with Crippen LogP contribution in [0, 0.1) is 0 Å². The van der Waals surface area contributed by atoms with Crippen molar-refractivity contribution in [3.63, 3.8) is 0 Å². The van der Waals surface area contributed by atoms with Gasteiger partial charge in [0.25, 0.3) is 0 Å². The predicted molar refractivity (Wildman–Crippen MR) is 52.3 cm³/mol. The average Bonchev–Trinajstić information content (AvgIpc) is 2.48. The predicted octanol–water partition coefficient (Wildman–Crippen LogP) is 0.706. The summed E-state index contributed by atoms with van der Waals surface area (Å²) in [7, 11) is 4.13. The van der Waals surface area contributed by atoms with Crippen molar-refractivity contribution in [2.45, 2.75) is 13.0 Å². The number of likely N-dealkylation sites (N-methyl/N-ethyl adjacent to an activating group) is 1. The fourth-order valence-corrected chi connectivity index (χ4v) is 1.68. The zero-order valence-corrected chi connectivity index (χ0v) is 8.40. The van der Waals surface area contributed by atoms with Crippen LogP contribution in [0.4, 0.5) is 0 Å². The van der Waals surface area contributed by atoms with Crippen molar-refractivity contribution < 1.29 is 0 Å². The maximum absolute atomic E-state index is 5.45. The molecule has 0 amide bonds. The number of rotatable bonds is 4. The summed E-state index contributed by atoms with van der Waals surface area (Å²) in [6, 6.07) is 0. The highest BCUT2D eigenvalue weighted by Gasteiger charge is 2.00. The van der Waals surface area contributed by atoms with Gasteiger partial charge in [-0.05, 0) is 14.1 Å². The van der Waals surface area contributed by atoms with E-state index < -0.39 is 0 Å². The molecule has 0 aliphatic heterocycles. The first-order valence-corrected chi connectivity index (χ1v) is 4.88. The van der Waals surface area contributed by atoms with Gasteiger partial charge in [0.1, 0.15) is 0 Å². The van der Waals surface area contributed by atoms with Crippen LogP contribution >= 0.6 is 11.3 Å². The molecule has 0 saturated carbocycles. The average molecular weight is 185 g/mol. The first kappa shape index (κ1) is 9.64. The summed E-state index contributed by atoms with van der Waals surface area (Å²) in [5.41, 5.74) is 6.46. The second-order valence-electron chi connectivity index (χ2n) is 2.99. The van der Waals surface area contributed by atoms with Gasteiger partial charge in [-0.2, -0.15) is 0 Å². The smallest absolute Gasteiger partial charge is 0.0941 e. The van der Waals surface area contributed by atoms with Gasteiger partial charge in [0, 0.05) is 24.9 Å². The minimum atomic E-state index is 0.554. The van der Waals surface area contributed by atoms with Gasteiger partial charge < -0.3 is 10.6 Å². The molecular weight excluding hydrogens is 170 g/mol. The molecule has 3 nitrogen and oxygen atoms in total. The Morgan fingerprint density at radius 3 is 2.83 bits per heavy atom. The van der Waals surface area contributed by atoms with E-state index >= 15 is 0 Å². The monoisotopic (exact) mass is 185 g/mol. The summed E-state index contributed by atoms with van der Waals surface area (Å²) < 4.78 is 0. The third kappa shape index (κ3) is 2.89. The Bertz CT molecular complexity index is 232. The van der Waals surface area contributed by atoms with Gasteiger partial charge in [0.15, 0.2) is 0 Å². The lowest BCUT2D eigenvalue weighted by atomic mass is 10.4. The van der Waals surface area contributed by atoms with Gasteiger partial charge in [0.05, 0.1) is 10.7 Å². The van der Waals surface area contributed by atoms with E-state index in [1.54, 1.807) is 11.3 Å². The van der Waals surface area contributed by atoms with Crippen molar-refractivity contribution >= 4 is 11.3 Å². The van der Waals surface area contributed by atoms with Gasteiger partial charge >= 0.3 is 0 Å². The highest BCUT2D eigenvalue weighted by Crippen LogP contribution is 2.09. The summed E-state index contributed by atoms with van der Waals surface area (Å²) in [5.74, 6) is 0. The molecule has 0 aromatic carbocycles. The molecule has 0 saturated heterocycles. The first-order valence-electron chi connectivity index (χ1n) is 4.00. The highest BCUT2D eigenvalue weighted by molar-refractivity contribution is 7.09. The zero-order valence-electron chi connectivity index (χ0n) is 7.58. The lowest BCUT2D eigenvalue weighted by molar-refractivity contribution is 0.413. The molecule has 0 unspecified atom stereocenters. The molecule has 68 valence electrons. The Hall–Kier alpha value is -0.450. The van der Waals surface area contributed by atoms with Crippen molar-refractivity contribution in [2.24, 2.45) is 5.73 Å². The van der Waals surface area contributed by atoms with Crippen LogP contribution in [-0.4, -0.2) is 30.5 Å². The van der Waals surface area contributed by atoms with Crippen LogP contribution in [0.3, 0.4) is 0 Å². The van der Waals surface area contributed by atoms with Crippen LogP contribution in [0.25, 0.3) is 0 Å². The van der Waals surface area contributed by atoms with E-state index in [4.69, 9.17) is 5.73 Å². The lowest BCUT2D eigenvalue weighted by Crippen LogP contribution is -2.15. The molecular formula is C8H15N3S. The lowest BCUT2D eigenvalue weighted by Gasteiger charge is -2.06. The van der Waals surface area contributed by atoms with E-state index in [9.17, 15) is 0 Å². The van der Waals surface area contributed by atoms with Gasteiger partial charge in [0.2, 0.25) is 0 Å². The second kappa shape index (κ2) is 4.54. The molecule has 0 radical (unpaired) electrons. The molecule has 1 heterocycles. The van der Waals surface area contributed by atoms with E-state index in [2.05, 4.69) is 24.0 Å². The van der Waals surface area contributed by atoms with Crippen molar-refractivity contribution in [2.75, 3.05) is 20.6 Å². The largest absolute Gasteiger partial charge is 0.325 e. The third-order valence-electron chi connectivity index (χ3n) is 1.58. The summed E-state index contributed by atoms with van der Waals surface area (Å²) >= 11 is 1.70. The highest BCUT2D eigenvalue weighted by atomic mass is 32.1. The summed E-state index contributed by atoms with van der Waals surface area (Å²) in [6.07, 6.45) is 1.03. The maximum Gasteiger partial charge on any atom is 0.0941 e. The number of nitrogens with two attached hydrogens (primary N) is 1. The van der Waals surface area contributed by atoms with Crippen molar-refractivity contribution in [1.82, 2.24) is 9.88 Å². The molecule has 0 aliphatic carbocycles. The van der Waals surface area contributed by atoms with Gasteiger partial charge in [-0.3, -0.25) is 0 Å². The number of hydrogen-bond donors (Lipinski definition) is 1. The molecule has 12 heavy (non-hydrogen) atoms. The van der Waals surface area contributed by atoms with E-state index in [1.807, 2.05) is 5.38 Å². The van der Waals surface area contributed by atoms with Gasteiger partial charge in [-0.15, -0.1) is 11.3 Å². The fraction of sp³-hybridized carbons (Fsp3) is 0.625. The van der Waals surface area contributed by atoms with E-state index in [0.717, 1.165) is 18.7 Å². The molecule has 0 atom stereocenters. The van der Waals surface area contributed by atoms with Crippen LogP contribution in [-0.2, 0) is 13.0 Å². The van der Waals surface area contributed by atoms with E-state index in [1.165, 1.54) is 5.01 Å². The molecule has 0 spiro atoms. The molecule has 0 fully saturated rings. The van der Waals surface area contributed by atoms with Crippen LogP contribution in [0.1, 0.15) is 10.7 Å². The Morgan fingerprint density at radius 1 is 1.58 bits per heavy atom. The topological polar surface area (TPSA) is 42.2 Å². The van der Waals surface area contributed by atoms with Crippen molar-refractivity contribution in [1.29, 1.82) is 0 Å². The fourth-order valence-electron chi connectivity index (χ4n) is 0.877. The molecule has 1 rings (SSSR count). The summed E-state index contributed by atoms with van der Waals surface area (Å²) in [4.78, 5) is 6.52. The molecule has 4 heteroatoms. The molecule has 1 aromatic heterocycles. The van der Waals surface area contributed by atoms with Gasteiger partial charge in [-0.25, -0.2) is 4.98 Å².